The molecular formula is C14H12ClF3N4O. The van der Waals surface area contributed by atoms with Crippen molar-refractivity contribution in [3.05, 3.63) is 40.6 Å². The molecule has 9 heteroatoms. The molecule has 0 N–H and O–H groups in total. The van der Waals surface area contributed by atoms with Crippen LogP contribution in [-0.4, -0.2) is 28.6 Å². The number of fused-ring (bicyclic) bond motifs is 1. The predicted molar refractivity (Wildman–Crippen MR) is 77.6 cm³/mol. The lowest BCUT2D eigenvalue weighted by molar-refractivity contribution is -0.139. The molecule has 0 saturated heterocycles. The minimum atomic E-state index is -4.54. The Bertz CT molecular complexity index is 738. The Morgan fingerprint density at radius 3 is 2.74 bits per heavy atom. The molecular weight excluding hydrogens is 333 g/mol. The standard InChI is InChI=1S/C14H12ClF3N4O/c1-23-13-10(14(16,17)18)4-8(5-19-13)22-3-2-11-9(6-22)12(15)21-7-20-11/h4-5,7H,2-3,6H2,1H3. The van der Waals surface area contributed by atoms with Crippen LogP contribution in [0.1, 0.15) is 16.8 Å². The first-order valence-corrected chi connectivity index (χ1v) is 7.12. The van der Waals surface area contributed by atoms with E-state index in [1.165, 1.54) is 12.5 Å². The second kappa shape index (κ2) is 5.84. The summed E-state index contributed by atoms with van der Waals surface area (Å²) in [6.07, 6.45) is -1.22. The topological polar surface area (TPSA) is 51.1 Å². The predicted octanol–water partition coefficient (Wildman–Crippen LogP) is 3.12. The molecule has 0 fully saturated rings. The van der Waals surface area contributed by atoms with E-state index in [0.717, 1.165) is 24.4 Å². The number of methoxy groups -OCH3 is 1. The molecule has 1 aliphatic rings. The number of alkyl halides is 3. The molecule has 23 heavy (non-hydrogen) atoms. The molecule has 0 amide bonds. The molecule has 3 heterocycles. The van der Waals surface area contributed by atoms with Crippen molar-refractivity contribution in [3.63, 3.8) is 0 Å². The molecule has 2 aromatic heterocycles. The van der Waals surface area contributed by atoms with Crippen molar-refractivity contribution in [1.82, 2.24) is 15.0 Å². The fraction of sp³-hybridized carbons (Fsp3) is 0.357. The number of aromatic nitrogens is 3. The van der Waals surface area contributed by atoms with Crippen molar-refractivity contribution >= 4 is 17.3 Å². The third-order valence-electron chi connectivity index (χ3n) is 3.65. The summed E-state index contributed by atoms with van der Waals surface area (Å²) in [7, 11) is 1.16. The van der Waals surface area contributed by atoms with Crippen LogP contribution in [0.15, 0.2) is 18.6 Å². The van der Waals surface area contributed by atoms with E-state index in [1.54, 1.807) is 4.90 Å². The number of halogens is 4. The Labute approximate surface area is 135 Å². The van der Waals surface area contributed by atoms with Crippen molar-refractivity contribution < 1.29 is 17.9 Å². The van der Waals surface area contributed by atoms with E-state index in [0.29, 0.717) is 30.4 Å². The zero-order valence-corrected chi connectivity index (χ0v) is 12.8. The van der Waals surface area contributed by atoms with Crippen LogP contribution in [0.25, 0.3) is 0 Å². The Kier molecular flexibility index (Phi) is 4.01. The van der Waals surface area contributed by atoms with Crippen molar-refractivity contribution in [1.29, 1.82) is 0 Å². The molecule has 0 saturated carbocycles. The van der Waals surface area contributed by atoms with Crippen LogP contribution in [0.5, 0.6) is 5.88 Å². The minimum Gasteiger partial charge on any atom is -0.481 e. The summed E-state index contributed by atoms with van der Waals surface area (Å²) in [6.45, 7) is 0.853. The Morgan fingerprint density at radius 1 is 1.26 bits per heavy atom. The molecule has 122 valence electrons. The van der Waals surface area contributed by atoms with E-state index < -0.39 is 17.6 Å². The van der Waals surface area contributed by atoms with Gasteiger partial charge in [0.25, 0.3) is 0 Å². The molecule has 0 bridgehead atoms. The van der Waals surface area contributed by atoms with Gasteiger partial charge >= 0.3 is 6.18 Å². The van der Waals surface area contributed by atoms with Crippen LogP contribution in [-0.2, 0) is 19.1 Å². The lowest BCUT2D eigenvalue weighted by Gasteiger charge is -2.30. The summed E-state index contributed by atoms with van der Waals surface area (Å²) in [4.78, 5) is 13.6. The third-order valence-corrected chi connectivity index (χ3v) is 3.98. The monoisotopic (exact) mass is 344 g/mol. The number of hydrogen-bond acceptors (Lipinski definition) is 5. The van der Waals surface area contributed by atoms with Gasteiger partial charge in [-0.2, -0.15) is 13.2 Å². The average Bonchev–Trinajstić information content (AvgIpc) is 2.53. The van der Waals surface area contributed by atoms with Crippen LogP contribution in [0.3, 0.4) is 0 Å². The van der Waals surface area contributed by atoms with Crippen molar-refractivity contribution in [2.24, 2.45) is 0 Å². The van der Waals surface area contributed by atoms with E-state index >= 15 is 0 Å². The smallest absolute Gasteiger partial charge is 0.421 e. The molecule has 0 spiro atoms. The van der Waals surface area contributed by atoms with Gasteiger partial charge in [0.1, 0.15) is 17.0 Å². The quantitative estimate of drug-likeness (QED) is 0.783. The first kappa shape index (κ1) is 15.8. The van der Waals surface area contributed by atoms with E-state index in [9.17, 15) is 13.2 Å². The fourth-order valence-electron chi connectivity index (χ4n) is 2.51. The van der Waals surface area contributed by atoms with Crippen LogP contribution >= 0.6 is 11.6 Å². The fourth-order valence-corrected chi connectivity index (χ4v) is 2.72. The van der Waals surface area contributed by atoms with Gasteiger partial charge in [-0.15, -0.1) is 0 Å². The van der Waals surface area contributed by atoms with E-state index in [1.807, 2.05) is 0 Å². The number of ether oxygens (including phenoxy) is 1. The van der Waals surface area contributed by atoms with Gasteiger partial charge in [-0.3, -0.25) is 0 Å². The van der Waals surface area contributed by atoms with Gasteiger partial charge in [-0.05, 0) is 6.07 Å². The highest BCUT2D eigenvalue weighted by Gasteiger charge is 2.36. The second-order valence-corrected chi connectivity index (χ2v) is 5.37. The molecule has 0 atom stereocenters. The molecule has 0 unspecified atom stereocenters. The average molecular weight is 345 g/mol. The van der Waals surface area contributed by atoms with Gasteiger partial charge < -0.3 is 9.64 Å². The van der Waals surface area contributed by atoms with Crippen LogP contribution in [0, 0.1) is 0 Å². The minimum absolute atomic E-state index is 0.317. The number of rotatable bonds is 2. The molecule has 5 nitrogen and oxygen atoms in total. The van der Waals surface area contributed by atoms with Gasteiger partial charge in [0, 0.05) is 25.1 Å². The lowest BCUT2D eigenvalue weighted by atomic mass is 10.1. The van der Waals surface area contributed by atoms with E-state index in [2.05, 4.69) is 15.0 Å². The first-order chi connectivity index (χ1) is 10.9. The highest BCUT2D eigenvalue weighted by atomic mass is 35.5. The largest absolute Gasteiger partial charge is 0.481 e. The van der Waals surface area contributed by atoms with Gasteiger partial charge in [-0.25, -0.2) is 15.0 Å². The molecule has 1 aliphatic heterocycles. The summed E-state index contributed by atoms with van der Waals surface area (Å²) in [5.74, 6) is -0.444. The summed E-state index contributed by atoms with van der Waals surface area (Å²) < 4.78 is 44.0. The van der Waals surface area contributed by atoms with Gasteiger partial charge in [0.15, 0.2) is 0 Å². The molecule has 0 radical (unpaired) electrons. The third kappa shape index (κ3) is 3.03. The Balaban J connectivity index is 1.96. The SMILES string of the molecule is COc1ncc(N2CCc3ncnc(Cl)c3C2)cc1C(F)(F)F. The number of nitrogens with zero attached hydrogens (tertiary/aromatic N) is 4. The number of pyridine rings is 1. The summed E-state index contributed by atoms with van der Waals surface area (Å²) in [6, 6.07) is 1.04. The number of anilines is 1. The molecule has 3 rings (SSSR count). The highest BCUT2D eigenvalue weighted by Crippen LogP contribution is 2.37. The highest BCUT2D eigenvalue weighted by molar-refractivity contribution is 6.30. The number of hydrogen-bond donors (Lipinski definition) is 0. The maximum Gasteiger partial charge on any atom is 0.421 e. The zero-order valence-electron chi connectivity index (χ0n) is 12.1. The summed E-state index contributed by atoms with van der Waals surface area (Å²) in [5.41, 5.74) is 0.992. The Hall–Kier alpha value is -2.09. The van der Waals surface area contributed by atoms with Gasteiger partial charge in [0.05, 0.1) is 24.7 Å². The van der Waals surface area contributed by atoms with Crippen LogP contribution < -0.4 is 9.64 Å². The maximum absolute atomic E-state index is 13.1. The molecule has 0 aliphatic carbocycles. The molecule has 2 aromatic rings. The normalized spacial score (nSPS) is 14.6. The summed E-state index contributed by atoms with van der Waals surface area (Å²) in [5, 5.41) is 0.317. The van der Waals surface area contributed by atoms with Gasteiger partial charge in [-0.1, -0.05) is 11.6 Å². The second-order valence-electron chi connectivity index (χ2n) is 5.01. The van der Waals surface area contributed by atoms with Crippen LogP contribution in [0.4, 0.5) is 18.9 Å². The van der Waals surface area contributed by atoms with E-state index in [4.69, 9.17) is 16.3 Å². The Morgan fingerprint density at radius 2 is 2.04 bits per heavy atom. The zero-order chi connectivity index (χ0) is 16.6. The maximum atomic E-state index is 13.1. The van der Waals surface area contributed by atoms with Gasteiger partial charge in [0.2, 0.25) is 5.88 Å². The van der Waals surface area contributed by atoms with E-state index in [-0.39, 0.29) is 0 Å². The van der Waals surface area contributed by atoms with Crippen LogP contribution in [0.2, 0.25) is 5.15 Å². The summed E-state index contributed by atoms with van der Waals surface area (Å²) >= 11 is 6.05. The first-order valence-electron chi connectivity index (χ1n) is 6.74. The van der Waals surface area contributed by atoms with Crippen molar-refractivity contribution in [3.8, 4) is 5.88 Å². The lowest BCUT2D eigenvalue weighted by Crippen LogP contribution is -2.31. The van der Waals surface area contributed by atoms with Crippen molar-refractivity contribution in [2.45, 2.75) is 19.1 Å². The van der Waals surface area contributed by atoms with Crippen molar-refractivity contribution in [2.75, 3.05) is 18.6 Å². The molecule has 0 aromatic carbocycles.